The first-order valence-electron chi connectivity index (χ1n) is 7.71. The highest BCUT2D eigenvalue weighted by atomic mass is 16.4. The van der Waals surface area contributed by atoms with Crippen molar-refractivity contribution in [3.8, 4) is 0 Å². The van der Waals surface area contributed by atoms with Gasteiger partial charge in [0.05, 0.1) is 18.3 Å². The summed E-state index contributed by atoms with van der Waals surface area (Å²) in [4.78, 5) is 11.8. The highest BCUT2D eigenvalue weighted by Gasteiger charge is 2.41. The Morgan fingerprint density at radius 2 is 1.74 bits per heavy atom. The number of hydrogen-bond donors (Lipinski definition) is 1. The van der Waals surface area contributed by atoms with Crippen molar-refractivity contribution in [1.82, 2.24) is 5.01 Å². The molecule has 1 aliphatic heterocycles. The van der Waals surface area contributed by atoms with Crippen LogP contribution in [-0.4, -0.2) is 21.8 Å². The van der Waals surface area contributed by atoms with E-state index in [2.05, 4.69) is 5.10 Å². The lowest BCUT2D eigenvalue weighted by Gasteiger charge is -2.27. The van der Waals surface area contributed by atoms with Crippen LogP contribution in [0.1, 0.15) is 29.7 Å². The van der Waals surface area contributed by atoms with Crippen molar-refractivity contribution >= 4 is 11.7 Å². The Morgan fingerprint density at radius 3 is 2.35 bits per heavy atom. The van der Waals surface area contributed by atoms with Crippen LogP contribution in [0.25, 0.3) is 0 Å². The van der Waals surface area contributed by atoms with Gasteiger partial charge in [0.25, 0.3) is 0 Å². The number of hydrazone groups is 1. The molecule has 0 saturated carbocycles. The molecule has 0 bridgehead atoms. The van der Waals surface area contributed by atoms with E-state index in [0.717, 1.165) is 16.7 Å². The van der Waals surface area contributed by atoms with Gasteiger partial charge in [0.2, 0.25) is 0 Å². The van der Waals surface area contributed by atoms with Crippen LogP contribution in [0.2, 0.25) is 0 Å². The Balaban J connectivity index is 1.95. The Labute approximate surface area is 136 Å². The molecule has 2 aromatic carbocycles. The molecule has 2 unspecified atom stereocenters. The van der Waals surface area contributed by atoms with Crippen LogP contribution < -0.4 is 0 Å². The zero-order chi connectivity index (χ0) is 16.4. The van der Waals surface area contributed by atoms with Crippen molar-refractivity contribution in [2.45, 2.75) is 26.4 Å². The quantitative estimate of drug-likeness (QED) is 0.938. The van der Waals surface area contributed by atoms with E-state index in [4.69, 9.17) is 0 Å². The zero-order valence-corrected chi connectivity index (χ0v) is 13.3. The molecule has 118 valence electrons. The van der Waals surface area contributed by atoms with Crippen molar-refractivity contribution in [2.75, 3.05) is 0 Å². The van der Waals surface area contributed by atoms with Crippen LogP contribution >= 0.6 is 0 Å². The van der Waals surface area contributed by atoms with Crippen molar-refractivity contribution in [3.05, 3.63) is 71.3 Å². The highest BCUT2D eigenvalue weighted by molar-refractivity contribution is 6.02. The summed E-state index contributed by atoms with van der Waals surface area (Å²) in [5.74, 6) is -1.44. The molecule has 3 rings (SSSR count). The van der Waals surface area contributed by atoms with Gasteiger partial charge in [0.15, 0.2) is 0 Å². The molecule has 0 aliphatic carbocycles. The second kappa shape index (κ2) is 6.24. The summed E-state index contributed by atoms with van der Waals surface area (Å²) in [6, 6.07) is 17.8. The molecule has 1 aliphatic rings. The van der Waals surface area contributed by atoms with Gasteiger partial charge in [-0.2, -0.15) is 5.10 Å². The predicted molar refractivity (Wildman–Crippen MR) is 90.1 cm³/mol. The first-order chi connectivity index (χ1) is 11.1. The van der Waals surface area contributed by atoms with E-state index in [1.54, 1.807) is 6.92 Å². The highest BCUT2D eigenvalue weighted by Crippen LogP contribution is 2.37. The van der Waals surface area contributed by atoms with Gasteiger partial charge in [0.1, 0.15) is 5.92 Å². The van der Waals surface area contributed by atoms with E-state index < -0.39 is 11.9 Å². The van der Waals surface area contributed by atoms with Gasteiger partial charge in [-0.15, -0.1) is 0 Å². The monoisotopic (exact) mass is 308 g/mol. The lowest BCUT2D eigenvalue weighted by Crippen LogP contribution is -2.30. The van der Waals surface area contributed by atoms with Crippen molar-refractivity contribution in [1.29, 1.82) is 0 Å². The Hall–Kier alpha value is -2.62. The summed E-state index contributed by atoms with van der Waals surface area (Å²) < 4.78 is 0. The van der Waals surface area contributed by atoms with E-state index in [0.29, 0.717) is 12.3 Å². The van der Waals surface area contributed by atoms with Crippen LogP contribution in [-0.2, 0) is 11.3 Å². The Morgan fingerprint density at radius 1 is 1.09 bits per heavy atom. The summed E-state index contributed by atoms with van der Waals surface area (Å²) in [5.41, 5.74) is 3.91. The van der Waals surface area contributed by atoms with Crippen LogP contribution in [0, 0.1) is 12.8 Å². The summed E-state index contributed by atoms with van der Waals surface area (Å²) >= 11 is 0. The average molecular weight is 308 g/mol. The molecule has 23 heavy (non-hydrogen) atoms. The second-order valence-electron chi connectivity index (χ2n) is 6.00. The summed E-state index contributed by atoms with van der Waals surface area (Å²) in [6.07, 6.45) is 0. The third kappa shape index (κ3) is 3.11. The number of nitrogens with zero attached hydrogens (tertiary/aromatic N) is 2. The summed E-state index contributed by atoms with van der Waals surface area (Å²) in [5, 5.41) is 16.1. The molecule has 0 radical (unpaired) electrons. The van der Waals surface area contributed by atoms with E-state index in [9.17, 15) is 9.90 Å². The van der Waals surface area contributed by atoms with Gasteiger partial charge in [-0.25, -0.2) is 0 Å². The number of carboxylic acids is 1. The maximum Gasteiger partial charge on any atom is 0.314 e. The van der Waals surface area contributed by atoms with E-state index in [-0.39, 0.29) is 6.04 Å². The van der Waals surface area contributed by atoms with Crippen molar-refractivity contribution < 1.29 is 9.90 Å². The molecule has 4 heteroatoms. The smallest absolute Gasteiger partial charge is 0.314 e. The maximum absolute atomic E-state index is 11.8. The molecule has 1 N–H and O–H groups in total. The molecule has 2 atom stereocenters. The molecule has 0 fully saturated rings. The standard InChI is InChI=1S/C19H20N2O2/c1-13-8-10-16(11-9-13)18-17(19(22)23)14(2)20-21(18)12-15-6-4-3-5-7-15/h3-11,17-18H,12H2,1-2H3,(H,22,23). The molecule has 1 heterocycles. The average Bonchev–Trinajstić information content (AvgIpc) is 2.85. The molecule has 0 spiro atoms. The predicted octanol–water partition coefficient (Wildman–Crippen LogP) is 3.63. The summed E-state index contributed by atoms with van der Waals surface area (Å²) in [6.45, 7) is 4.42. The third-order valence-corrected chi connectivity index (χ3v) is 4.25. The number of rotatable bonds is 4. The molecular weight excluding hydrogens is 288 g/mol. The first-order valence-corrected chi connectivity index (χ1v) is 7.71. The lowest BCUT2D eigenvalue weighted by atomic mass is 9.90. The van der Waals surface area contributed by atoms with Gasteiger partial charge in [0, 0.05) is 0 Å². The normalized spacial score (nSPS) is 20.4. The number of benzene rings is 2. The van der Waals surface area contributed by atoms with Gasteiger partial charge >= 0.3 is 5.97 Å². The largest absolute Gasteiger partial charge is 0.481 e. The fourth-order valence-electron chi connectivity index (χ4n) is 3.07. The number of carbonyl (C=O) groups is 1. The minimum absolute atomic E-state index is 0.270. The van der Waals surface area contributed by atoms with Crippen LogP contribution in [0.5, 0.6) is 0 Å². The van der Waals surface area contributed by atoms with Crippen LogP contribution in [0.4, 0.5) is 0 Å². The molecule has 2 aromatic rings. The van der Waals surface area contributed by atoms with E-state index in [1.165, 1.54) is 0 Å². The fraction of sp³-hybridized carbons (Fsp3) is 0.263. The van der Waals surface area contributed by atoms with Crippen LogP contribution in [0.3, 0.4) is 0 Å². The minimum atomic E-state index is -0.826. The lowest BCUT2D eigenvalue weighted by molar-refractivity contribution is -0.140. The first kappa shape index (κ1) is 15.3. The fourth-order valence-corrected chi connectivity index (χ4v) is 3.07. The maximum atomic E-state index is 11.8. The number of carboxylic acid groups (broad SMARTS) is 1. The molecular formula is C19H20N2O2. The van der Waals surface area contributed by atoms with Gasteiger partial charge in [-0.3, -0.25) is 9.80 Å². The number of aryl methyl sites for hydroxylation is 1. The number of aliphatic carboxylic acids is 1. The topological polar surface area (TPSA) is 52.9 Å². The van der Waals surface area contributed by atoms with Crippen molar-refractivity contribution in [3.63, 3.8) is 0 Å². The molecule has 0 saturated heterocycles. The van der Waals surface area contributed by atoms with Crippen molar-refractivity contribution in [2.24, 2.45) is 11.0 Å². The number of hydrogen-bond acceptors (Lipinski definition) is 3. The van der Waals surface area contributed by atoms with E-state index in [1.807, 2.05) is 66.5 Å². The molecule has 0 amide bonds. The molecule has 4 nitrogen and oxygen atoms in total. The van der Waals surface area contributed by atoms with Crippen LogP contribution in [0.15, 0.2) is 59.7 Å². The van der Waals surface area contributed by atoms with E-state index >= 15 is 0 Å². The SMILES string of the molecule is CC1=NN(Cc2ccccc2)C(c2ccc(C)cc2)C1C(=O)O. The Kier molecular flexibility index (Phi) is 4.15. The second-order valence-corrected chi connectivity index (χ2v) is 6.00. The van der Waals surface area contributed by atoms with Gasteiger partial charge in [-0.05, 0) is 25.0 Å². The zero-order valence-electron chi connectivity index (χ0n) is 13.3. The molecule has 0 aromatic heterocycles. The summed E-state index contributed by atoms with van der Waals surface area (Å²) in [7, 11) is 0. The third-order valence-electron chi connectivity index (χ3n) is 4.25. The van der Waals surface area contributed by atoms with Gasteiger partial charge < -0.3 is 5.11 Å². The minimum Gasteiger partial charge on any atom is -0.481 e. The Bertz CT molecular complexity index is 723. The van der Waals surface area contributed by atoms with Gasteiger partial charge in [-0.1, -0.05) is 60.2 Å².